The van der Waals surface area contributed by atoms with E-state index in [1.165, 1.54) is 11.1 Å². The Bertz CT molecular complexity index is 455. The van der Waals surface area contributed by atoms with Gasteiger partial charge in [-0.3, -0.25) is 4.79 Å². The van der Waals surface area contributed by atoms with Gasteiger partial charge in [0.25, 0.3) is 0 Å². The van der Waals surface area contributed by atoms with Crippen molar-refractivity contribution in [3.05, 3.63) is 35.4 Å². The van der Waals surface area contributed by atoms with E-state index in [-0.39, 0.29) is 12.4 Å². The molecule has 2 rings (SSSR count). The summed E-state index contributed by atoms with van der Waals surface area (Å²) in [5, 5.41) is 3.38. The van der Waals surface area contributed by atoms with Crippen LogP contribution in [0.4, 0.5) is 0 Å². The number of hydrogen-bond donors (Lipinski definition) is 1. The molecule has 1 aromatic carbocycles. The SMILES string of the molecule is CCCN(C(=O)CCc1ccc(CC)cc1)C1CCNCC1.Cl. The Labute approximate surface area is 147 Å². The standard InChI is InChI=1S/C19H30N2O.ClH/c1-3-15-21(18-11-13-20-14-12-18)19(22)10-9-17-7-5-16(4-2)6-8-17;/h5-8,18,20H,3-4,9-15H2,1-2H3;1H. The van der Waals surface area contributed by atoms with Crippen LogP contribution in [0.5, 0.6) is 0 Å². The normalized spacial score (nSPS) is 15.0. The van der Waals surface area contributed by atoms with Crippen molar-refractivity contribution >= 4 is 18.3 Å². The molecule has 0 saturated carbocycles. The van der Waals surface area contributed by atoms with Crippen LogP contribution in [-0.4, -0.2) is 36.5 Å². The Morgan fingerprint density at radius 2 is 1.74 bits per heavy atom. The minimum atomic E-state index is 0. The van der Waals surface area contributed by atoms with Gasteiger partial charge in [0.05, 0.1) is 0 Å². The van der Waals surface area contributed by atoms with Crippen molar-refractivity contribution < 1.29 is 4.79 Å². The van der Waals surface area contributed by atoms with E-state index in [1.807, 2.05) is 0 Å². The molecule has 0 atom stereocenters. The third kappa shape index (κ3) is 6.15. The molecule has 1 heterocycles. The molecule has 0 spiro atoms. The fraction of sp³-hybridized carbons (Fsp3) is 0.632. The molecule has 0 aromatic heterocycles. The van der Waals surface area contributed by atoms with Crippen LogP contribution in [0.1, 0.15) is 50.7 Å². The van der Waals surface area contributed by atoms with E-state index < -0.39 is 0 Å². The maximum absolute atomic E-state index is 12.6. The van der Waals surface area contributed by atoms with E-state index in [0.29, 0.717) is 18.4 Å². The molecule has 4 heteroatoms. The zero-order chi connectivity index (χ0) is 15.8. The highest BCUT2D eigenvalue weighted by Crippen LogP contribution is 2.15. The van der Waals surface area contributed by atoms with Gasteiger partial charge in [-0.15, -0.1) is 12.4 Å². The summed E-state index contributed by atoms with van der Waals surface area (Å²) < 4.78 is 0. The number of amides is 1. The van der Waals surface area contributed by atoms with Gasteiger partial charge >= 0.3 is 0 Å². The van der Waals surface area contributed by atoms with Gasteiger partial charge in [-0.2, -0.15) is 0 Å². The lowest BCUT2D eigenvalue weighted by atomic mass is 10.0. The monoisotopic (exact) mass is 338 g/mol. The molecule has 1 saturated heterocycles. The Balaban J connectivity index is 0.00000264. The van der Waals surface area contributed by atoms with E-state index in [2.05, 4.69) is 48.3 Å². The third-order valence-electron chi connectivity index (χ3n) is 4.59. The summed E-state index contributed by atoms with van der Waals surface area (Å²) in [5.74, 6) is 0.327. The second-order valence-corrected chi connectivity index (χ2v) is 6.24. The van der Waals surface area contributed by atoms with Gasteiger partial charge in [0.2, 0.25) is 5.91 Å². The number of aryl methyl sites for hydroxylation is 2. The summed E-state index contributed by atoms with van der Waals surface area (Å²) in [4.78, 5) is 14.8. The highest BCUT2D eigenvalue weighted by molar-refractivity contribution is 5.85. The first kappa shape index (κ1) is 20.0. The van der Waals surface area contributed by atoms with Gasteiger partial charge in [-0.1, -0.05) is 38.1 Å². The minimum Gasteiger partial charge on any atom is -0.340 e. The van der Waals surface area contributed by atoms with Gasteiger partial charge in [-0.25, -0.2) is 0 Å². The Morgan fingerprint density at radius 3 is 2.30 bits per heavy atom. The largest absolute Gasteiger partial charge is 0.340 e. The highest BCUT2D eigenvalue weighted by Gasteiger charge is 2.24. The van der Waals surface area contributed by atoms with Crippen molar-refractivity contribution in [2.24, 2.45) is 0 Å². The lowest BCUT2D eigenvalue weighted by Gasteiger charge is -2.34. The number of rotatable bonds is 7. The number of carbonyl (C=O) groups excluding carboxylic acids is 1. The molecule has 1 N–H and O–H groups in total. The molecule has 3 nitrogen and oxygen atoms in total. The Kier molecular flexibility index (Phi) is 9.27. The molecule has 1 aromatic rings. The zero-order valence-electron chi connectivity index (χ0n) is 14.5. The maximum Gasteiger partial charge on any atom is 0.223 e. The predicted molar refractivity (Wildman–Crippen MR) is 99.3 cm³/mol. The number of piperidine rings is 1. The van der Waals surface area contributed by atoms with Crippen LogP contribution >= 0.6 is 12.4 Å². The first-order valence-corrected chi connectivity index (χ1v) is 8.82. The van der Waals surface area contributed by atoms with Crippen molar-refractivity contribution in [3.63, 3.8) is 0 Å². The molecular formula is C19H31ClN2O. The summed E-state index contributed by atoms with van der Waals surface area (Å²) in [5.41, 5.74) is 2.63. The Hall–Kier alpha value is -1.06. The number of carbonyl (C=O) groups is 1. The van der Waals surface area contributed by atoms with E-state index in [9.17, 15) is 4.79 Å². The van der Waals surface area contributed by atoms with E-state index in [4.69, 9.17) is 0 Å². The van der Waals surface area contributed by atoms with Gasteiger partial charge in [0, 0.05) is 19.0 Å². The molecule has 23 heavy (non-hydrogen) atoms. The summed E-state index contributed by atoms with van der Waals surface area (Å²) in [6.45, 7) is 7.30. The molecule has 1 amide bonds. The van der Waals surface area contributed by atoms with Crippen LogP contribution in [-0.2, 0) is 17.6 Å². The lowest BCUT2D eigenvalue weighted by Crippen LogP contribution is -2.46. The third-order valence-corrected chi connectivity index (χ3v) is 4.59. The number of benzene rings is 1. The number of hydrogen-bond acceptors (Lipinski definition) is 2. The van der Waals surface area contributed by atoms with Crippen molar-refractivity contribution in [2.45, 2.75) is 58.4 Å². The average Bonchev–Trinajstić information content (AvgIpc) is 2.58. The second-order valence-electron chi connectivity index (χ2n) is 6.24. The average molecular weight is 339 g/mol. The zero-order valence-corrected chi connectivity index (χ0v) is 15.3. The molecule has 1 aliphatic rings. The second kappa shape index (κ2) is 10.7. The minimum absolute atomic E-state index is 0. The summed E-state index contributed by atoms with van der Waals surface area (Å²) >= 11 is 0. The summed E-state index contributed by atoms with van der Waals surface area (Å²) in [6, 6.07) is 9.13. The van der Waals surface area contributed by atoms with Crippen LogP contribution < -0.4 is 5.32 Å². The van der Waals surface area contributed by atoms with E-state index >= 15 is 0 Å². The molecular weight excluding hydrogens is 308 g/mol. The topological polar surface area (TPSA) is 32.3 Å². The molecule has 0 bridgehead atoms. The number of halogens is 1. The van der Waals surface area contributed by atoms with Crippen LogP contribution in [0, 0.1) is 0 Å². The summed E-state index contributed by atoms with van der Waals surface area (Å²) in [7, 11) is 0. The van der Waals surface area contributed by atoms with E-state index in [0.717, 1.165) is 51.7 Å². The highest BCUT2D eigenvalue weighted by atomic mass is 35.5. The smallest absolute Gasteiger partial charge is 0.223 e. The lowest BCUT2D eigenvalue weighted by molar-refractivity contribution is -0.134. The molecule has 0 radical (unpaired) electrons. The predicted octanol–water partition coefficient (Wildman–Crippen LogP) is 3.59. The fourth-order valence-corrected chi connectivity index (χ4v) is 3.21. The summed E-state index contributed by atoms with van der Waals surface area (Å²) in [6.07, 6.45) is 5.79. The number of nitrogens with one attached hydrogen (secondary N) is 1. The molecule has 1 aliphatic heterocycles. The van der Waals surface area contributed by atoms with Gasteiger partial charge in [-0.05, 0) is 56.3 Å². The molecule has 1 fully saturated rings. The van der Waals surface area contributed by atoms with Crippen LogP contribution in [0.15, 0.2) is 24.3 Å². The quantitative estimate of drug-likeness (QED) is 0.824. The fourth-order valence-electron chi connectivity index (χ4n) is 3.21. The van der Waals surface area contributed by atoms with Crippen LogP contribution in [0.25, 0.3) is 0 Å². The molecule has 0 aliphatic carbocycles. The Morgan fingerprint density at radius 1 is 1.13 bits per heavy atom. The maximum atomic E-state index is 12.6. The first-order valence-electron chi connectivity index (χ1n) is 8.82. The van der Waals surface area contributed by atoms with Crippen LogP contribution in [0.2, 0.25) is 0 Å². The van der Waals surface area contributed by atoms with Crippen molar-refractivity contribution in [2.75, 3.05) is 19.6 Å². The van der Waals surface area contributed by atoms with Gasteiger partial charge in [0.15, 0.2) is 0 Å². The van der Waals surface area contributed by atoms with Crippen molar-refractivity contribution in [3.8, 4) is 0 Å². The number of nitrogens with zero attached hydrogens (tertiary/aromatic N) is 1. The molecule has 130 valence electrons. The first-order chi connectivity index (χ1) is 10.7. The van der Waals surface area contributed by atoms with Gasteiger partial charge < -0.3 is 10.2 Å². The van der Waals surface area contributed by atoms with Crippen LogP contribution in [0.3, 0.4) is 0 Å². The molecule has 0 unspecified atom stereocenters. The van der Waals surface area contributed by atoms with Crippen molar-refractivity contribution in [1.29, 1.82) is 0 Å². The van der Waals surface area contributed by atoms with Gasteiger partial charge in [0.1, 0.15) is 0 Å². The van der Waals surface area contributed by atoms with E-state index in [1.54, 1.807) is 0 Å². The van der Waals surface area contributed by atoms with Crippen molar-refractivity contribution in [1.82, 2.24) is 10.2 Å².